The molecule has 0 heterocycles. The molecule has 1 atom stereocenters. The second kappa shape index (κ2) is 5.15. The van der Waals surface area contributed by atoms with Crippen molar-refractivity contribution < 1.29 is 0 Å². The van der Waals surface area contributed by atoms with Crippen molar-refractivity contribution in [3.05, 3.63) is 71.3 Å². The summed E-state index contributed by atoms with van der Waals surface area (Å²) in [6, 6.07) is 19.6. The van der Waals surface area contributed by atoms with Gasteiger partial charge in [0, 0.05) is 0 Å². The number of aryl methyl sites for hydroxylation is 1. The van der Waals surface area contributed by atoms with E-state index >= 15 is 0 Å². The summed E-state index contributed by atoms with van der Waals surface area (Å²) in [5, 5.41) is 0. The first-order valence-corrected chi connectivity index (χ1v) is 5.97. The van der Waals surface area contributed by atoms with E-state index in [0.717, 1.165) is 0 Å². The molecule has 0 fully saturated rings. The average Bonchev–Trinajstić information content (AvgIpc) is 2.33. The molecule has 1 nitrogen and oxygen atoms in total. The summed E-state index contributed by atoms with van der Waals surface area (Å²) in [7, 11) is 4.26. The molecule has 0 aliphatic heterocycles. The third-order valence-electron chi connectivity index (χ3n) is 3.11. The van der Waals surface area contributed by atoms with Gasteiger partial charge in [0.25, 0.3) is 0 Å². The summed E-state index contributed by atoms with van der Waals surface area (Å²) in [5.74, 6) is 0. The van der Waals surface area contributed by atoms with Gasteiger partial charge in [-0.2, -0.15) is 0 Å². The van der Waals surface area contributed by atoms with Crippen LogP contribution in [0.1, 0.15) is 22.7 Å². The maximum atomic E-state index is 2.26. The minimum Gasteiger partial charge on any atom is -0.299 e. The highest BCUT2D eigenvalue weighted by Gasteiger charge is 2.17. The Morgan fingerprint density at radius 1 is 0.824 bits per heavy atom. The molecule has 0 saturated heterocycles. The van der Waals surface area contributed by atoms with Crippen LogP contribution >= 0.6 is 0 Å². The van der Waals surface area contributed by atoms with Gasteiger partial charge in [0.15, 0.2) is 0 Å². The third-order valence-corrected chi connectivity index (χ3v) is 3.11. The Bertz CT molecular complexity index is 474. The second-order valence-corrected chi connectivity index (χ2v) is 4.63. The van der Waals surface area contributed by atoms with Crippen LogP contribution in [-0.2, 0) is 0 Å². The van der Waals surface area contributed by atoms with Crippen LogP contribution in [-0.4, -0.2) is 19.0 Å². The van der Waals surface area contributed by atoms with Crippen LogP contribution < -0.4 is 0 Å². The van der Waals surface area contributed by atoms with Crippen molar-refractivity contribution in [1.82, 2.24) is 4.90 Å². The molecule has 0 unspecified atom stereocenters. The molecule has 2 rings (SSSR count). The standard InChI is InChI=1S/C16H19N/c1-13-9-7-8-12-15(13)16(17(2)3)14-10-5-4-6-11-14/h4-12,16H,1-3H3/t16-/m0/s1. The molecular formula is C16H19N. The number of hydrogen-bond acceptors (Lipinski definition) is 1. The lowest BCUT2D eigenvalue weighted by Gasteiger charge is -2.26. The highest BCUT2D eigenvalue weighted by molar-refractivity contribution is 5.36. The third kappa shape index (κ3) is 2.56. The zero-order valence-electron chi connectivity index (χ0n) is 10.7. The summed E-state index contributed by atoms with van der Waals surface area (Å²) in [6.07, 6.45) is 0. The Labute approximate surface area is 104 Å². The van der Waals surface area contributed by atoms with Gasteiger partial charge in [-0.15, -0.1) is 0 Å². The SMILES string of the molecule is Cc1ccccc1[C@H](c1ccccc1)N(C)C. The Balaban J connectivity index is 2.47. The van der Waals surface area contributed by atoms with Gasteiger partial charge in [0.1, 0.15) is 0 Å². The normalized spacial score (nSPS) is 12.7. The quantitative estimate of drug-likeness (QED) is 0.770. The molecule has 1 heteroatoms. The zero-order chi connectivity index (χ0) is 12.3. The van der Waals surface area contributed by atoms with E-state index in [-0.39, 0.29) is 0 Å². The molecule has 0 N–H and O–H groups in total. The predicted octanol–water partition coefficient (Wildman–Crippen LogP) is 3.65. The van der Waals surface area contributed by atoms with Crippen molar-refractivity contribution in [1.29, 1.82) is 0 Å². The van der Waals surface area contributed by atoms with E-state index in [1.54, 1.807) is 0 Å². The first-order chi connectivity index (χ1) is 8.20. The number of hydrogen-bond donors (Lipinski definition) is 0. The van der Waals surface area contributed by atoms with E-state index in [9.17, 15) is 0 Å². The fraction of sp³-hybridized carbons (Fsp3) is 0.250. The summed E-state index contributed by atoms with van der Waals surface area (Å²) < 4.78 is 0. The predicted molar refractivity (Wildman–Crippen MR) is 73.2 cm³/mol. The Morgan fingerprint density at radius 3 is 2.00 bits per heavy atom. The highest BCUT2D eigenvalue weighted by atomic mass is 15.1. The van der Waals surface area contributed by atoms with Gasteiger partial charge in [0.2, 0.25) is 0 Å². The van der Waals surface area contributed by atoms with Crippen LogP contribution in [0.15, 0.2) is 54.6 Å². The van der Waals surface area contributed by atoms with Crippen molar-refractivity contribution in [2.24, 2.45) is 0 Å². The molecular weight excluding hydrogens is 206 g/mol. The summed E-state index contributed by atoms with van der Waals surface area (Å²) >= 11 is 0. The maximum Gasteiger partial charge on any atom is 0.0599 e. The topological polar surface area (TPSA) is 3.24 Å². The fourth-order valence-corrected chi connectivity index (χ4v) is 2.28. The fourth-order valence-electron chi connectivity index (χ4n) is 2.28. The molecule has 0 amide bonds. The van der Waals surface area contributed by atoms with E-state index in [1.165, 1.54) is 16.7 Å². The van der Waals surface area contributed by atoms with Gasteiger partial charge < -0.3 is 0 Å². The number of nitrogens with zero attached hydrogens (tertiary/aromatic N) is 1. The van der Waals surface area contributed by atoms with Crippen molar-refractivity contribution in [3.63, 3.8) is 0 Å². The van der Waals surface area contributed by atoms with Gasteiger partial charge in [-0.3, -0.25) is 4.90 Å². The highest BCUT2D eigenvalue weighted by Crippen LogP contribution is 2.28. The van der Waals surface area contributed by atoms with Crippen LogP contribution in [0.4, 0.5) is 0 Å². The van der Waals surface area contributed by atoms with Crippen LogP contribution in [0.5, 0.6) is 0 Å². The van der Waals surface area contributed by atoms with Crippen molar-refractivity contribution in [2.45, 2.75) is 13.0 Å². The molecule has 0 radical (unpaired) electrons. The molecule has 0 aromatic heterocycles. The lowest BCUT2D eigenvalue weighted by Crippen LogP contribution is -2.21. The maximum absolute atomic E-state index is 2.26. The van der Waals surface area contributed by atoms with Crippen LogP contribution in [0.25, 0.3) is 0 Å². The molecule has 88 valence electrons. The van der Waals surface area contributed by atoms with E-state index in [1.807, 2.05) is 0 Å². The minimum absolute atomic E-state index is 0.331. The first-order valence-electron chi connectivity index (χ1n) is 5.97. The van der Waals surface area contributed by atoms with Gasteiger partial charge in [-0.05, 0) is 37.7 Å². The molecule has 2 aromatic rings. The van der Waals surface area contributed by atoms with Gasteiger partial charge in [0.05, 0.1) is 6.04 Å². The van der Waals surface area contributed by atoms with Crippen molar-refractivity contribution >= 4 is 0 Å². The van der Waals surface area contributed by atoms with E-state index < -0.39 is 0 Å². The molecule has 0 spiro atoms. The number of rotatable bonds is 3. The molecule has 0 aliphatic carbocycles. The monoisotopic (exact) mass is 225 g/mol. The van der Waals surface area contributed by atoms with Crippen molar-refractivity contribution in [2.75, 3.05) is 14.1 Å². The van der Waals surface area contributed by atoms with Gasteiger partial charge >= 0.3 is 0 Å². The molecule has 2 aromatic carbocycles. The lowest BCUT2D eigenvalue weighted by molar-refractivity contribution is 0.341. The minimum atomic E-state index is 0.331. The van der Waals surface area contributed by atoms with Gasteiger partial charge in [-0.1, -0.05) is 54.6 Å². The summed E-state index contributed by atoms with van der Waals surface area (Å²) in [6.45, 7) is 2.18. The zero-order valence-corrected chi connectivity index (χ0v) is 10.7. The summed E-state index contributed by atoms with van der Waals surface area (Å²) in [5.41, 5.74) is 4.06. The van der Waals surface area contributed by atoms with Crippen LogP contribution in [0.3, 0.4) is 0 Å². The molecule has 0 aliphatic rings. The summed E-state index contributed by atoms with van der Waals surface area (Å²) in [4.78, 5) is 2.26. The largest absolute Gasteiger partial charge is 0.299 e. The Morgan fingerprint density at radius 2 is 1.41 bits per heavy atom. The Kier molecular flexibility index (Phi) is 3.60. The molecule has 0 saturated carbocycles. The lowest BCUT2D eigenvalue weighted by atomic mass is 9.94. The molecule has 17 heavy (non-hydrogen) atoms. The van der Waals surface area contributed by atoms with Crippen molar-refractivity contribution in [3.8, 4) is 0 Å². The second-order valence-electron chi connectivity index (χ2n) is 4.63. The number of benzene rings is 2. The first kappa shape index (κ1) is 11.9. The average molecular weight is 225 g/mol. The van der Waals surface area contributed by atoms with E-state index in [2.05, 4.69) is 80.5 Å². The van der Waals surface area contributed by atoms with Crippen LogP contribution in [0, 0.1) is 6.92 Å². The molecule has 0 bridgehead atoms. The smallest absolute Gasteiger partial charge is 0.0599 e. The van der Waals surface area contributed by atoms with E-state index in [4.69, 9.17) is 0 Å². The Hall–Kier alpha value is -1.60. The van der Waals surface area contributed by atoms with E-state index in [0.29, 0.717) is 6.04 Å². The van der Waals surface area contributed by atoms with Crippen LogP contribution in [0.2, 0.25) is 0 Å². The van der Waals surface area contributed by atoms with Gasteiger partial charge in [-0.25, -0.2) is 0 Å².